The van der Waals surface area contributed by atoms with Gasteiger partial charge in [0.05, 0.1) is 19.7 Å². The largest absolute Gasteiger partial charge is 0.466 e. The molecule has 1 unspecified atom stereocenters. The molecule has 6 nitrogen and oxygen atoms in total. The second-order valence-electron chi connectivity index (χ2n) is 7.33. The average molecular weight is 381 g/mol. The number of furan rings is 1. The van der Waals surface area contributed by atoms with Crippen LogP contribution < -0.4 is 10.2 Å². The van der Waals surface area contributed by atoms with Gasteiger partial charge >= 0.3 is 5.97 Å². The van der Waals surface area contributed by atoms with Crippen LogP contribution >= 0.6 is 0 Å². The van der Waals surface area contributed by atoms with E-state index in [1.165, 1.54) is 0 Å². The molecule has 0 bridgehead atoms. The number of para-hydroxylation sites is 1. The molecule has 2 atom stereocenters. The summed E-state index contributed by atoms with van der Waals surface area (Å²) in [5.41, 5.74) is 2.39. The molecule has 0 saturated carbocycles. The molecule has 2 aromatic carbocycles. The zero-order valence-electron chi connectivity index (χ0n) is 16.0. The van der Waals surface area contributed by atoms with Gasteiger partial charge in [-0.05, 0) is 44.0 Å². The van der Waals surface area contributed by atoms with Crippen LogP contribution in [0.3, 0.4) is 0 Å². The number of rotatable bonds is 5. The van der Waals surface area contributed by atoms with Crippen LogP contribution in [-0.4, -0.2) is 38.1 Å². The maximum atomic E-state index is 12.5. The number of benzene rings is 2. The number of piperidine rings is 1. The minimum absolute atomic E-state index is 0.0494. The average Bonchev–Trinajstić information content (AvgIpc) is 3.06. The first-order valence-electron chi connectivity index (χ1n) is 9.85. The highest BCUT2D eigenvalue weighted by Gasteiger charge is 2.30. The molecule has 1 aliphatic rings. The first-order valence-corrected chi connectivity index (χ1v) is 9.85. The van der Waals surface area contributed by atoms with Gasteiger partial charge in [-0.15, -0.1) is 0 Å². The van der Waals surface area contributed by atoms with Crippen molar-refractivity contribution < 1.29 is 23.6 Å². The smallest absolute Gasteiger partial charge is 0.314 e. The van der Waals surface area contributed by atoms with Gasteiger partial charge in [0.1, 0.15) is 17.1 Å². The quantitative estimate of drug-likeness (QED) is 0.666. The Morgan fingerprint density at radius 3 is 2.86 bits per heavy atom. The van der Waals surface area contributed by atoms with Crippen LogP contribution in [0.2, 0.25) is 0 Å². The van der Waals surface area contributed by atoms with E-state index in [1.807, 2.05) is 49.4 Å². The summed E-state index contributed by atoms with van der Waals surface area (Å²) in [6, 6.07) is 13.6. The molecule has 0 spiro atoms. The van der Waals surface area contributed by atoms with Gasteiger partial charge in [0.25, 0.3) is 5.91 Å². The topological polar surface area (TPSA) is 73.0 Å². The van der Waals surface area contributed by atoms with Crippen LogP contribution in [0.4, 0.5) is 5.69 Å². The normalized spacial score (nSPS) is 19.6. The molecule has 1 amide bonds. The lowest BCUT2D eigenvalue weighted by Crippen LogP contribution is -3.14. The number of fused-ring (bicyclic) bond motifs is 3. The van der Waals surface area contributed by atoms with E-state index < -0.39 is 0 Å². The third-order valence-electron chi connectivity index (χ3n) is 5.31. The van der Waals surface area contributed by atoms with Crippen molar-refractivity contribution in [1.29, 1.82) is 0 Å². The molecular formula is C22H25N2O4+. The maximum absolute atomic E-state index is 12.5. The van der Waals surface area contributed by atoms with Crippen molar-refractivity contribution >= 4 is 39.5 Å². The van der Waals surface area contributed by atoms with Crippen LogP contribution in [-0.2, 0) is 14.3 Å². The summed E-state index contributed by atoms with van der Waals surface area (Å²) in [5.74, 6) is -0.297. The van der Waals surface area contributed by atoms with Crippen LogP contribution in [0.25, 0.3) is 21.9 Å². The van der Waals surface area contributed by atoms with E-state index in [0.717, 1.165) is 51.9 Å². The number of anilines is 1. The summed E-state index contributed by atoms with van der Waals surface area (Å²) in [7, 11) is 0. The third kappa shape index (κ3) is 3.87. The Morgan fingerprint density at radius 2 is 2.00 bits per heavy atom. The highest BCUT2D eigenvalue weighted by molar-refractivity contribution is 6.06. The monoisotopic (exact) mass is 381 g/mol. The molecule has 0 aliphatic carbocycles. The fourth-order valence-electron chi connectivity index (χ4n) is 4.01. The Balaban J connectivity index is 1.42. The second kappa shape index (κ2) is 8.02. The van der Waals surface area contributed by atoms with E-state index in [-0.39, 0.29) is 17.8 Å². The van der Waals surface area contributed by atoms with Gasteiger partial charge in [0.2, 0.25) is 0 Å². The number of likely N-dealkylation sites (tertiary alicyclic amines) is 1. The highest BCUT2D eigenvalue weighted by atomic mass is 16.5. The first kappa shape index (κ1) is 18.5. The SMILES string of the molecule is CCOC(=O)[C@H]1CCC[NH+](CC(=O)Nc2ccc3oc4ccccc4c3c2)C1. The highest BCUT2D eigenvalue weighted by Crippen LogP contribution is 2.30. The molecule has 0 radical (unpaired) electrons. The van der Waals surface area contributed by atoms with E-state index >= 15 is 0 Å². The van der Waals surface area contributed by atoms with Crippen molar-refractivity contribution in [2.75, 3.05) is 31.6 Å². The Hall–Kier alpha value is -2.86. The Morgan fingerprint density at radius 1 is 1.18 bits per heavy atom. The number of quaternary nitrogens is 1. The van der Waals surface area contributed by atoms with Crippen molar-refractivity contribution in [3.63, 3.8) is 0 Å². The van der Waals surface area contributed by atoms with Gasteiger partial charge in [0, 0.05) is 16.5 Å². The zero-order chi connectivity index (χ0) is 19.5. The number of hydrogen-bond donors (Lipinski definition) is 2. The van der Waals surface area contributed by atoms with Crippen molar-refractivity contribution in [3.8, 4) is 0 Å². The fraction of sp³-hybridized carbons (Fsp3) is 0.364. The van der Waals surface area contributed by atoms with Crippen LogP contribution in [0.1, 0.15) is 19.8 Å². The summed E-state index contributed by atoms with van der Waals surface area (Å²) >= 11 is 0. The summed E-state index contributed by atoms with van der Waals surface area (Å²) in [5, 5.41) is 5.01. The van der Waals surface area contributed by atoms with Crippen molar-refractivity contribution in [1.82, 2.24) is 0 Å². The van der Waals surface area contributed by atoms with Gasteiger partial charge in [-0.25, -0.2) is 0 Å². The number of ether oxygens (including phenoxy) is 1. The number of amides is 1. The predicted octanol–water partition coefficient (Wildman–Crippen LogP) is 2.38. The fourth-order valence-corrected chi connectivity index (χ4v) is 4.01. The maximum Gasteiger partial charge on any atom is 0.314 e. The molecule has 6 heteroatoms. The van der Waals surface area contributed by atoms with Gasteiger partial charge in [-0.2, -0.15) is 0 Å². The summed E-state index contributed by atoms with van der Waals surface area (Å²) in [6.07, 6.45) is 1.77. The lowest BCUT2D eigenvalue weighted by atomic mass is 9.98. The molecule has 1 aromatic heterocycles. The van der Waals surface area contributed by atoms with E-state index in [9.17, 15) is 9.59 Å². The Bertz CT molecular complexity index is 1010. The molecule has 28 heavy (non-hydrogen) atoms. The molecule has 2 N–H and O–H groups in total. The third-order valence-corrected chi connectivity index (χ3v) is 5.31. The van der Waals surface area contributed by atoms with Crippen LogP contribution in [0, 0.1) is 5.92 Å². The molecule has 4 rings (SSSR count). The molecule has 1 fully saturated rings. The molecule has 3 aromatic rings. The summed E-state index contributed by atoms with van der Waals surface area (Å²) in [4.78, 5) is 25.7. The molecular weight excluding hydrogens is 356 g/mol. The van der Waals surface area contributed by atoms with Crippen LogP contribution in [0.5, 0.6) is 0 Å². The van der Waals surface area contributed by atoms with E-state index in [4.69, 9.17) is 9.15 Å². The zero-order valence-corrected chi connectivity index (χ0v) is 16.0. The van der Waals surface area contributed by atoms with Crippen LogP contribution in [0.15, 0.2) is 46.9 Å². The summed E-state index contributed by atoms with van der Waals surface area (Å²) < 4.78 is 11.0. The van der Waals surface area contributed by atoms with Gasteiger partial charge in [-0.3, -0.25) is 9.59 Å². The first-order chi connectivity index (χ1) is 13.6. The van der Waals surface area contributed by atoms with E-state index in [1.54, 1.807) is 0 Å². The lowest BCUT2D eigenvalue weighted by molar-refractivity contribution is -0.899. The summed E-state index contributed by atoms with van der Waals surface area (Å²) in [6.45, 7) is 4.11. The standard InChI is InChI=1S/C22H24N2O4/c1-2-27-22(26)15-6-5-11-24(13-15)14-21(25)23-16-9-10-20-18(12-16)17-7-3-4-8-19(17)28-20/h3-4,7-10,12,15H,2,5-6,11,13-14H2,1H3,(H,23,25)/p+1/t15-/m0/s1. The number of hydrogen-bond acceptors (Lipinski definition) is 4. The predicted molar refractivity (Wildman–Crippen MR) is 107 cm³/mol. The Kier molecular flexibility index (Phi) is 5.30. The van der Waals surface area contributed by atoms with Crippen molar-refractivity contribution in [2.24, 2.45) is 5.92 Å². The molecule has 1 aliphatic heterocycles. The van der Waals surface area contributed by atoms with E-state index in [0.29, 0.717) is 19.7 Å². The van der Waals surface area contributed by atoms with Gasteiger partial charge in [-0.1, -0.05) is 18.2 Å². The molecule has 1 saturated heterocycles. The van der Waals surface area contributed by atoms with E-state index in [2.05, 4.69) is 5.32 Å². The minimum Gasteiger partial charge on any atom is -0.466 e. The lowest BCUT2D eigenvalue weighted by Gasteiger charge is -2.28. The molecule has 146 valence electrons. The second-order valence-corrected chi connectivity index (χ2v) is 7.33. The number of nitrogens with one attached hydrogen (secondary N) is 2. The Labute approximate surface area is 163 Å². The van der Waals surface area contributed by atoms with Crippen molar-refractivity contribution in [2.45, 2.75) is 19.8 Å². The number of esters is 1. The minimum atomic E-state index is -0.141. The van der Waals surface area contributed by atoms with Gasteiger partial charge < -0.3 is 19.4 Å². The van der Waals surface area contributed by atoms with Crippen molar-refractivity contribution in [3.05, 3.63) is 42.5 Å². The molecule has 2 heterocycles. The number of carbonyl (C=O) groups excluding carboxylic acids is 2. The van der Waals surface area contributed by atoms with Gasteiger partial charge in [0.15, 0.2) is 6.54 Å². The number of carbonyl (C=O) groups is 2.